The molecule has 0 aliphatic rings. The standard InChI is InChI=1S/C17H15BrN2O2/c18-14-6-4-5-13(11-14)16(12-19)20-17(21)9-10-22-15-7-2-1-3-8-15/h1-8,11,16H,9-10H2,(H,20,21)/t16-/m0/s1. The van der Waals surface area contributed by atoms with Gasteiger partial charge in [0.05, 0.1) is 19.1 Å². The zero-order valence-electron chi connectivity index (χ0n) is 11.8. The van der Waals surface area contributed by atoms with Crippen LogP contribution in [0.2, 0.25) is 0 Å². The number of carbonyl (C=O) groups is 1. The highest BCUT2D eigenvalue weighted by molar-refractivity contribution is 9.10. The molecule has 1 amide bonds. The summed E-state index contributed by atoms with van der Waals surface area (Å²) in [6.07, 6.45) is 0.196. The molecule has 2 aromatic carbocycles. The molecule has 1 atom stereocenters. The second-order valence-corrected chi connectivity index (χ2v) is 5.51. The number of halogens is 1. The number of benzene rings is 2. The average molecular weight is 359 g/mol. The molecular formula is C17H15BrN2O2. The number of hydrogen-bond acceptors (Lipinski definition) is 3. The van der Waals surface area contributed by atoms with Crippen molar-refractivity contribution in [1.82, 2.24) is 5.32 Å². The van der Waals surface area contributed by atoms with Crippen LogP contribution in [0, 0.1) is 11.3 Å². The first-order chi connectivity index (χ1) is 10.7. The molecule has 0 saturated heterocycles. The largest absolute Gasteiger partial charge is 0.493 e. The smallest absolute Gasteiger partial charge is 0.224 e. The van der Waals surface area contributed by atoms with E-state index in [4.69, 9.17) is 4.74 Å². The second-order valence-electron chi connectivity index (χ2n) is 4.60. The molecule has 0 aliphatic carbocycles. The number of rotatable bonds is 6. The van der Waals surface area contributed by atoms with E-state index in [0.717, 1.165) is 15.8 Å². The Morgan fingerprint density at radius 3 is 2.68 bits per heavy atom. The predicted octanol–water partition coefficient (Wildman–Crippen LogP) is 3.60. The van der Waals surface area contributed by atoms with Crippen molar-refractivity contribution >= 4 is 21.8 Å². The van der Waals surface area contributed by atoms with Gasteiger partial charge in [0.25, 0.3) is 0 Å². The number of para-hydroxylation sites is 1. The molecule has 0 aromatic heterocycles. The monoisotopic (exact) mass is 358 g/mol. The van der Waals surface area contributed by atoms with Gasteiger partial charge in [-0.1, -0.05) is 46.3 Å². The lowest BCUT2D eigenvalue weighted by Gasteiger charge is -2.12. The van der Waals surface area contributed by atoms with E-state index in [1.165, 1.54) is 0 Å². The average Bonchev–Trinajstić information content (AvgIpc) is 2.53. The van der Waals surface area contributed by atoms with Crippen molar-refractivity contribution in [3.63, 3.8) is 0 Å². The number of nitrogens with one attached hydrogen (secondary N) is 1. The van der Waals surface area contributed by atoms with Crippen molar-refractivity contribution < 1.29 is 9.53 Å². The van der Waals surface area contributed by atoms with Gasteiger partial charge >= 0.3 is 0 Å². The van der Waals surface area contributed by atoms with Crippen LogP contribution in [-0.2, 0) is 4.79 Å². The third-order valence-corrected chi connectivity index (χ3v) is 3.45. The quantitative estimate of drug-likeness (QED) is 0.857. The molecule has 0 spiro atoms. The van der Waals surface area contributed by atoms with Gasteiger partial charge in [-0.2, -0.15) is 5.26 Å². The fourth-order valence-electron chi connectivity index (χ4n) is 1.89. The molecule has 0 aliphatic heterocycles. The lowest BCUT2D eigenvalue weighted by molar-refractivity contribution is -0.122. The van der Waals surface area contributed by atoms with E-state index in [2.05, 4.69) is 27.3 Å². The summed E-state index contributed by atoms with van der Waals surface area (Å²) >= 11 is 3.35. The van der Waals surface area contributed by atoms with Crippen LogP contribution in [0.15, 0.2) is 59.1 Å². The van der Waals surface area contributed by atoms with Crippen LogP contribution in [0.5, 0.6) is 5.75 Å². The summed E-state index contributed by atoms with van der Waals surface area (Å²) in [5, 5.41) is 11.9. The predicted molar refractivity (Wildman–Crippen MR) is 87.2 cm³/mol. The number of amides is 1. The zero-order chi connectivity index (χ0) is 15.8. The number of nitriles is 1. The van der Waals surface area contributed by atoms with Crippen molar-refractivity contribution in [2.24, 2.45) is 0 Å². The number of carbonyl (C=O) groups excluding carboxylic acids is 1. The first-order valence-electron chi connectivity index (χ1n) is 6.81. The van der Waals surface area contributed by atoms with Crippen LogP contribution in [-0.4, -0.2) is 12.5 Å². The van der Waals surface area contributed by atoms with Crippen molar-refractivity contribution in [1.29, 1.82) is 5.26 Å². The van der Waals surface area contributed by atoms with Crippen LogP contribution in [0.3, 0.4) is 0 Å². The Bertz CT molecular complexity index is 668. The van der Waals surface area contributed by atoms with Crippen molar-refractivity contribution in [3.05, 3.63) is 64.6 Å². The summed E-state index contributed by atoms with van der Waals surface area (Å²) in [6, 6.07) is 18.0. The van der Waals surface area contributed by atoms with Crippen molar-refractivity contribution in [3.8, 4) is 11.8 Å². The van der Waals surface area contributed by atoms with E-state index in [0.29, 0.717) is 0 Å². The van der Waals surface area contributed by atoms with E-state index >= 15 is 0 Å². The van der Waals surface area contributed by atoms with E-state index in [1.807, 2.05) is 48.5 Å². The Kier molecular flexibility index (Phi) is 5.99. The van der Waals surface area contributed by atoms with Gasteiger partial charge in [-0.05, 0) is 29.8 Å². The molecule has 1 N–H and O–H groups in total. The van der Waals surface area contributed by atoms with Gasteiger partial charge in [0.2, 0.25) is 5.91 Å². The highest BCUT2D eigenvalue weighted by Gasteiger charge is 2.14. The van der Waals surface area contributed by atoms with Gasteiger partial charge < -0.3 is 10.1 Å². The molecule has 112 valence electrons. The summed E-state index contributed by atoms with van der Waals surface area (Å²) in [5.41, 5.74) is 0.745. The van der Waals surface area contributed by atoms with Gasteiger partial charge in [-0.15, -0.1) is 0 Å². The maximum atomic E-state index is 11.9. The SMILES string of the molecule is N#C[C@H](NC(=O)CCOc1ccccc1)c1cccc(Br)c1. The summed E-state index contributed by atoms with van der Waals surface area (Å²) in [7, 11) is 0. The molecule has 0 saturated carbocycles. The Balaban J connectivity index is 1.84. The minimum atomic E-state index is -0.665. The molecule has 0 fully saturated rings. The number of ether oxygens (including phenoxy) is 1. The molecular weight excluding hydrogens is 344 g/mol. The molecule has 0 bridgehead atoms. The Hall–Kier alpha value is -2.32. The van der Waals surface area contributed by atoms with Gasteiger partial charge in [-0.25, -0.2) is 0 Å². The fraction of sp³-hybridized carbons (Fsp3) is 0.176. The van der Waals surface area contributed by atoms with E-state index in [-0.39, 0.29) is 18.9 Å². The van der Waals surface area contributed by atoms with Gasteiger partial charge in [-0.3, -0.25) is 4.79 Å². The molecule has 0 unspecified atom stereocenters. The number of nitrogens with zero attached hydrogens (tertiary/aromatic N) is 1. The summed E-state index contributed by atoms with van der Waals surface area (Å²) in [5.74, 6) is 0.501. The van der Waals surface area contributed by atoms with E-state index in [9.17, 15) is 10.1 Å². The maximum Gasteiger partial charge on any atom is 0.224 e. The Morgan fingerprint density at radius 2 is 2.00 bits per heavy atom. The van der Waals surface area contributed by atoms with Crippen LogP contribution in [0.4, 0.5) is 0 Å². The Labute approximate surface area is 137 Å². The molecule has 0 heterocycles. The number of hydrogen-bond donors (Lipinski definition) is 1. The summed E-state index contributed by atoms with van der Waals surface area (Å²) in [6.45, 7) is 0.270. The fourth-order valence-corrected chi connectivity index (χ4v) is 2.30. The molecule has 5 heteroatoms. The summed E-state index contributed by atoms with van der Waals surface area (Å²) in [4.78, 5) is 11.9. The molecule has 2 rings (SSSR count). The molecule has 2 aromatic rings. The highest BCUT2D eigenvalue weighted by Crippen LogP contribution is 2.18. The summed E-state index contributed by atoms with van der Waals surface area (Å²) < 4.78 is 6.33. The zero-order valence-corrected chi connectivity index (χ0v) is 13.4. The Morgan fingerprint density at radius 1 is 1.23 bits per heavy atom. The van der Waals surface area contributed by atoms with Crippen LogP contribution >= 0.6 is 15.9 Å². The van der Waals surface area contributed by atoms with Crippen LogP contribution in [0.25, 0.3) is 0 Å². The van der Waals surface area contributed by atoms with Gasteiger partial charge in [0, 0.05) is 4.47 Å². The first-order valence-corrected chi connectivity index (χ1v) is 7.60. The minimum Gasteiger partial charge on any atom is -0.493 e. The minimum absolute atomic E-state index is 0.196. The second kappa shape index (κ2) is 8.20. The van der Waals surface area contributed by atoms with Crippen LogP contribution in [0.1, 0.15) is 18.0 Å². The maximum absolute atomic E-state index is 11.9. The topological polar surface area (TPSA) is 62.1 Å². The lowest BCUT2D eigenvalue weighted by Crippen LogP contribution is -2.28. The molecule has 4 nitrogen and oxygen atoms in total. The molecule has 0 radical (unpaired) electrons. The third kappa shape index (κ3) is 4.90. The van der Waals surface area contributed by atoms with Gasteiger partial charge in [0.15, 0.2) is 0 Å². The highest BCUT2D eigenvalue weighted by atomic mass is 79.9. The molecule has 22 heavy (non-hydrogen) atoms. The first kappa shape index (κ1) is 16.1. The third-order valence-electron chi connectivity index (χ3n) is 2.96. The van der Waals surface area contributed by atoms with Crippen molar-refractivity contribution in [2.75, 3.05) is 6.61 Å². The lowest BCUT2D eigenvalue weighted by atomic mass is 10.1. The normalized spacial score (nSPS) is 11.3. The van der Waals surface area contributed by atoms with E-state index in [1.54, 1.807) is 6.07 Å². The van der Waals surface area contributed by atoms with E-state index < -0.39 is 6.04 Å². The van der Waals surface area contributed by atoms with Crippen LogP contribution < -0.4 is 10.1 Å². The van der Waals surface area contributed by atoms with Crippen molar-refractivity contribution in [2.45, 2.75) is 12.5 Å². The van der Waals surface area contributed by atoms with Gasteiger partial charge in [0.1, 0.15) is 11.8 Å².